The highest BCUT2D eigenvalue weighted by Crippen LogP contribution is 2.29. The van der Waals surface area contributed by atoms with Crippen LogP contribution in [0.5, 0.6) is 0 Å². The zero-order valence-electron chi connectivity index (χ0n) is 13.7. The van der Waals surface area contributed by atoms with E-state index >= 15 is 0 Å². The number of nitrogens with zero attached hydrogens (tertiary/aromatic N) is 2. The molecule has 0 unspecified atom stereocenters. The Hall–Kier alpha value is -1.99. The minimum absolute atomic E-state index is 0.0139. The number of amides is 2. The molecule has 1 fully saturated rings. The molecule has 6 nitrogen and oxygen atoms in total. The summed E-state index contributed by atoms with van der Waals surface area (Å²) in [4.78, 5) is 26.9. The lowest BCUT2D eigenvalue weighted by molar-refractivity contribution is -0.132. The van der Waals surface area contributed by atoms with Crippen LogP contribution in [0.4, 0.5) is 0 Å². The molecule has 1 aliphatic rings. The van der Waals surface area contributed by atoms with Gasteiger partial charge in [0.15, 0.2) is 0 Å². The second-order valence-corrected chi connectivity index (χ2v) is 6.83. The van der Waals surface area contributed by atoms with E-state index in [1.165, 1.54) is 11.8 Å². The lowest BCUT2D eigenvalue weighted by Gasteiger charge is -2.27. The van der Waals surface area contributed by atoms with Crippen LogP contribution in [0.1, 0.15) is 0 Å². The van der Waals surface area contributed by atoms with Crippen molar-refractivity contribution >= 4 is 34.5 Å². The molecule has 0 aliphatic carbocycles. The molecule has 0 radical (unpaired) electrons. The highest BCUT2D eigenvalue weighted by molar-refractivity contribution is 8.00. The molecule has 2 aromatic rings. The van der Waals surface area contributed by atoms with Gasteiger partial charge in [-0.25, -0.2) is 0 Å². The molecule has 1 aromatic carbocycles. The number of carbonyl (C=O) groups is 2. The maximum atomic E-state index is 12.0. The Morgan fingerprint density at radius 3 is 2.79 bits per heavy atom. The van der Waals surface area contributed by atoms with Crippen molar-refractivity contribution in [3.05, 3.63) is 30.5 Å². The summed E-state index contributed by atoms with van der Waals surface area (Å²) in [5, 5.41) is 7.08. The summed E-state index contributed by atoms with van der Waals surface area (Å²) in [5.74, 6) is 0.180. The fourth-order valence-corrected chi connectivity index (χ4v) is 3.76. The zero-order valence-corrected chi connectivity index (χ0v) is 14.6. The van der Waals surface area contributed by atoms with Gasteiger partial charge in [-0.1, -0.05) is 18.2 Å². The number of rotatable bonds is 5. The van der Waals surface area contributed by atoms with Gasteiger partial charge in [-0.3, -0.25) is 9.59 Å². The Balaban J connectivity index is 1.49. The summed E-state index contributed by atoms with van der Waals surface area (Å²) in [5.41, 5.74) is 1.15. The van der Waals surface area contributed by atoms with Crippen LogP contribution < -0.4 is 10.6 Å². The van der Waals surface area contributed by atoms with E-state index in [4.69, 9.17) is 0 Å². The number of hydrogen-bond acceptors (Lipinski definition) is 4. The normalized spacial score (nSPS) is 14.8. The Morgan fingerprint density at radius 1 is 1.25 bits per heavy atom. The molecule has 2 N–H and O–H groups in total. The highest BCUT2D eigenvalue weighted by Gasteiger charge is 2.16. The number of aryl methyl sites for hydroxylation is 1. The first-order valence-electron chi connectivity index (χ1n) is 8.07. The molecule has 0 saturated carbocycles. The molecule has 2 amide bonds. The topological polar surface area (TPSA) is 66.4 Å². The van der Waals surface area contributed by atoms with Crippen LogP contribution in [0.3, 0.4) is 0 Å². The molecule has 2 heterocycles. The monoisotopic (exact) mass is 346 g/mol. The fourth-order valence-electron chi connectivity index (χ4n) is 2.81. The molecule has 1 aliphatic heterocycles. The first-order chi connectivity index (χ1) is 11.6. The molecule has 24 heavy (non-hydrogen) atoms. The van der Waals surface area contributed by atoms with Crippen LogP contribution in [0, 0.1) is 0 Å². The van der Waals surface area contributed by atoms with E-state index in [0.29, 0.717) is 18.8 Å². The Bertz CT molecular complexity index is 737. The standard InChI is InChI=1S/C17H22N4O2S/c1-20-11-15(13-4-2-3-5-14(13)20)24-12-16(22)19-10-17(23)21-8-6-18-7-9-21/h2-5,11,18H,6-10,12H2,1H3,(H,19,22). The molecule has 0 spiro atoms. The van der Waals surface area contributed by atoms with Crippen LogP contribution in [-0.4, -0.2) is 59.8 Å². The molecular formula is C17H22N4O2S. The first-order valence-corrected chi connectivity index (χ1v) is 9.06. The van der Waals surface area contributed by atoms with Crippen LogP contribution in [0.15, 0.2) is 35.4 Å². The minimum atomic E-state index is -0.114. The van der Waals surface area contributed by atoms with Crippen molar-refractivity contribution in [2.24, 2.45) is 7.05 Å². The number of carbonyl (C=O) groups excluding carboxylic acids is 2. The lowest BCUT2D eigenvalue weighted by atomic mass is 10.2. The average molecular weight is 346 g/mol. The van der Waals surface area contributed by atoms with Gasteiger partial charge >= 0.3 is 0 Å². The van der Waals surface area contributed by atoms with Crippen molar-refractivity contribution in [1.82, 2.24) is 20.1 Å². The quantitative estimate of drug-likeness (QED) is 0.787. The van der Waals surface area contributed by atoms with E-state index in [2.05, 4.69) is 27.3 Å². The average Bonchev–Trinajstić information content (AvgIpc) is 2.95. The van der Waals surface area contributed by atoms with Crippen LogP contribution in [0.2, 0.25) is 0 Å². The SMILES string of the molecule is Cn1cc(SCC(=O)NCC(=O)N2CCNCC2)c2ccccc21. The highest BCUT2D eigenvalue weighted by atomic mass is 32.2. The Morgan fingerprint density at radius 2 is 2.00 bits per heavy atom. The third-order valence-electron chi connectivity index (χ3n) is 4.13. The predicted octanol–water partition coefficient (Wildman–Crippen LogP) is 0.818. The van der Waals surface area contributed by atoms with Gasteiger partial charge in [-0.2, -0.15) is 0 Å². The smallest absolute Gasteiger partial charge is 0.242 e. The summed E-state index contributed by atoms with van der Waals surface area (Å²) in [6.45, 7) is 3.13. The van der Waals surface area contributed by atoms with Gasteiger partial charge in [0.2, 0.25) is 11.8 Å². The van der Waals surface area contributed by atoms with Gasteiger partial charge in [0, 0.05) is 55.2 Å². The number of thioether (sulfide) groups is 1. The number of hydrogen-bond donors (Lipinski definition) is 2. The van der Waals surface area contributed by atoms with Crippen LogP contribution in [0.25, 0.3) is 10.9 Å². The number of fused-ring (bicyclic) bond motifs is 1. The van der Waals surface area contributed by atoms with E-state index in [0.717, 1.165) is 28.9 Å². The number of benzene rings is 1. The third-order valence-corrected chi connectivity index (χ3v) is 5.17. The first kappa shape index (κ1) is 16.9. The van der Waals surface area contributed by atoms with E-state index in [1.54, 1.807) is 4.90 Å². The van der Waals surface area contributed by atoms with Gasteiger partial charge in [-0.15, -0.1) is 11.8 Å². The van der Waals surface area contributed by atoms with Crippen molar-refractivity contribution in [2.75, 3.05) is 38.5 Å². The Labute approximate surface area is 145 Å². The number of nitrogens with one attached hydrogen (secondary N) is 2. The molecule has 7 heteroatoms. The lowest BCUT2D eigenvalue weighted by Crippen LogP contribution is -2.49. The number of piperazine rings is 1. The minimum Gasteiger partial charge on any atom is -0.349 e. The van der Waals surface area contributed by atoms with Gasteiger partial charge < -0.3 is 20.1 Å². The maximum absolute atomic E-state index is 12.0. The van der Waals surface area contributed by atoms with Gasteiger partial charge in [0.25, 0.3) is 0 Å². The summed E-state index contributed by atoms with van der Waals surface area (Å²) < 4.78 is 2.06. The molecule has 3 rings (SSSR count). The van der Waals surface area contributed by atoms with Crippen LogP contribution in [-0.2, 0) is 16.6 Å². The van der Waals surface area contributed by atoms with E-state index in [9.17, 15) is 9.59 Å². The van der Waals surface area contributed by atoms with Crippen molar-refractivity contribution in [1.29, 1.82) is 0 Å². The summed E-state index contributed by atoms with van der Waals surface area (Å²) in [6, 6.07) is 8.12. The zero-order chi connectivity index (χ0) is 16.9. The second-order valence-electron chi connectivity index (χ2n) is 5.82. The van der Waals surface area contributed by atoms with Crippen molar-refractivity contribution in [3.8, 4) is 0 Å². The summed E-state index contributed by atoms with van der Waals surface area (Å²) >= 11 is 1.50. The van der Waals surface area contributed by atoms with Crippen LogP contribution >= 0.6 is 11.8 Å². The maximum Gasteiger partial charge on any atom is 0.242 e. The van der Waals surface area contributed by atoms with Gasteiger partial charge in [0.1, 0.15) is 0 Å². The molecule has 1 saturated heterocycles. The van der Waals surface area contributed by atoms with Crippen molar-refractivity contribution < 1.29 is 9.59 Å². The summed E-state index contributed by atoms with van der Waals surface area (Å²) in [7, 11) is 2.00. The number of para-hydroxylation sites is 1. The molecule has 128 valence electrons. The van der Waals surface area contributed by atoms with Crippen molar-refractivity contribution in [2.45, 2.75) is 4.90 Å². The molecule has 1 aromatic heterocycles. The van der Waals surface area contributed by atoms with E-state index in [-0.39, 0.29) is 18.4 Å². The van der Waals surface area contributed by atoms with Gasteiger partial charge in [0.05, 0.1) is 12.3 Å². The van der Waals surface area contributed by atoms with E-state index in [1.807, 2.05) is 25.4 Å². The molecule has 0 atom stereocenters. The Kier molecular flexibility index (Phi) is 5.42. The fraction of sp³-hybridized carbons (Fsp3) is 0.412. The largest absolute Gasteiger partial charge is 0.349 e. The molecular weight excluding hydrogens is 324 g/mol. The second kappa shape index (κ2) is 7.72. The van der Waals surface area contributed by atoms with Gasteiger partial charge in [-0.05, 0) is 6.07 Å². The third kappa shape index (κ3) is 3.91. The molecule has 0 bridgehead atoms. The predicted molar refractivity (Wildman–Crippen MR) is 96.1 cm³/mol. The number of aromatic nitrogens is 1. The summed E-state index contributed by atoms with van der Waals surface area (Å²) in [6.07, 6.45) is 2.04. The van der Waals surface area contributed by atoms with Crippen molar-refractivity contribution in [3.63, 3.8) is 0 Å². The van der Waals surface area contributed by atoms with E-state index < -0.39 is 0 Å².